The predicted molar refractivity (Wildman–Crippen MR) is 143 cm³/mol. The van der Waals surface area contributed by atoms with E-state index in [1.807, 2.05) is 4.90 Å². The standard InChI is InChI=1S/C26H32F2N8O2S/c1-2-31-39(37,38)19-3-4-22(23(15-19)34-11-7-25(5-6-25)8-12-34)36-18-21(32-33-36)20-16-30-24(17-29-20)35-13-9-26(27,28)10-14-35/h3-4,15-18,31H,2,5-14H2,1H3. The van der Waals surface area contributed by atoms with E-state index >= 15 is 0 Å². The highest BCUT2D eigenvalue weighted by Gasteiger charge is 2.44. The number of piperidine rings is 2. The molecule has 4 heterocycles. The zero-order valence-electron chi connectivity index (χ0n) is 21.9. The van der Waals surface area contributed by atoms with Crippen LogP contribution in [0, 0.1) is 5.41 Å². The summed E-state index contributed by atoms with van der Waals surface area (Å²) in [5.41, 5.74) is 3.02. The number of alkyl halides is 2. The molecule has 6 rings (SSSR count). The van der Waals surface area contributed by atoms with Gasteiger partial charge in [0.15, 0.2) is 0 Å². The summed E-state index contributed by atoms with van der Waals surface area (Å²) < 4.78 is 56.8. The van der Waals surface area contributed by atoms with Gasteiger partial charge in [-0.05, 0) is 49.3 Å². The van der Waals surface area contributed by atoms with E-state index in [9.17, 15) is 17.2 Å². The number of aromatic nitrogens is 5. The minimum atomic E-state index is -3.62. The Balaban J connectivity index is 1.27. The average Bonchev–Trinajstić information content (AvgIpc) is 3.49. The molecule has 2 saturated heterocycles. The minimum absolute atomic E-state index is 0.195. The number of anilines is 2. The Bertz CT molecular complexity index is 1440. The SMILES string of the molecule is CCNS(=O)(=O)c1ccc(-n2cc(-c3cnc(N4CCC(F)(F)CC4)cn3)nn2)c(N2CCC3(CC2)CC3)c1. The number of sulfonamides is 1. The molecule has 0 unspecified atom stereocenters. The van der Waals surface area contributed by atoms with E-state index in [4.69, 9.17) is 0 Å². The van der Waals surface area contributed by atoms with E-state index in [-0.39, 0.29) is 30.8 Å². The molecule has 2 aromatic heterocycles. The van der Waals surface area contributed by atoms with Crippen LogP contribution in [-0.2, 0) is 10.0 Å². The molecule has 10 nitrogen and oxygen atoms in total. The molecule has 1 saturated carbocycles. The number of nitrogens with one attached hydrogen (secondary N) is 1. The fourth-order valence-electron chi connectivity index (χ4n) is 5.47. The van der Waals surface area contributed by atoms with Crippen LogP contribution in [0.4, 0.5) is 20.3 Å². The molecule has 39 heavy (non-hydrogen) atoms. The predicted octanol–water partition coefficient (Wildman–Crippen LogP) is 3.64. The van der Waals surface area contributed by atoms with Crippen molar-refractivity contribution in [3.63, 3.8) is 0 Å². The fraction of sp³-hybridized carbons (Fsp3) is 0.538. The van der Waals surface area contributed by atoms with Gasteiger partial charge >= 0.3 is 0 Å². The molecule has 3 fully saturated rings. The lowest BCUT2D eigenvalue weighted by atomic mass is 9.93. The number of nitrogens with zero attached hydrogens (tertiary/aromatic N) is 7. The first-order valence-corrected chi connectivity index (χ1v) is 14.9. The van der Waals surface area contributed by atoms with Crippen LogP contribution in [0.5, 0.6) is 0 Å². The number of rotatable bonds is 7. The Morgan fingerprint density at radius 3 is 2.26 bits per heavy atom. The zero-order chi connectivity index (χ0) is 27.3. The second kappa shape index (κ2) is 9.77. The molecule has 1 aliphatic carbocycles. The number of halogens is 2. The topological polar surface area (TPSA) is 109 Å². The van der Waals surface area contributed by atoms with Crippen LogP contribution in [0.3, 0.4) is 0 Å². The smallest absolute Gasteiger partial charge is 0.251 e. The molecule has 0 amide bonds. The van der Waals surface area contributed by atoms with Gasteiger partial charge in [0.2, 0.25) is 10.0 Å². The fourth-order valence-corrected chi connectivity index (χ4v) is 6.53. The van der Waals surface area contributed by atoms with E-state index in [1.165, 1.54) is 12.8 Å². The maximum Gasteiger partial charge on any atom is 0.251 e. The van der Waals surface area contributed by atoms with Crippen LogP contribution < -0.4 is 14.5 Å². The lowest BCUT2D eigenvalue weighted by molar-refractivity contribution is -0.0221. The highest BCUT2D eigenvalue weighted by Crippen LogP contribution is 2.54. The van der Waals surface area contributed by atoms with Gasteiger partial charge in [-0.3, -0.25) is 0 Å². The van der Waals surface area contributed by atoms with Crippen LogP contribution in [0.2, 0.25) is 0 Å². The maximum absolute atomic E-state index is 13.5. The van der Waals surface area contributed by atoms with Crippen molar-refractivity contribution in [3.05, 3.63) is 36.8 Å². The third-order valence-electron chi connectivity index (χ3n) is 8.17. The second-order valence-electron chi connectivity index (χ2n) is 10.8. The summed E-state index contributed by atoms with van der Waals surface area (Å²) in [7, 11) is -3.62. The van der Waals surface area contributed by atoms with Crippen molar-refractivity contribution in [2.75, 3.05) is 42.5 Å². The van der Waals surface area contributed by atoms with Gasteiger partial charge in [-0.15, -0.1) is 5.10 Å². The van der Waals surface area contributed by atoms with Crippen molar-refractivity contribution >= 4 is 21.5 Å². The van der Waals surface area contributed by atoms with Crippen LogP contribution in [0.25, 0.3) is 17.1 Å². The van der Waals surface area contributed by atoms with Crippen molar-refractivity contribution in [1.29, 1.82) is 0 Å². The molecular weight excluding hydrogens is 526 g/mol. The maximum atomic E-state index is 13.5. The highest BCUT2D eigenvalue weighted by atomic mass is 32.2. The summed E-state index contributed by atoms with van der Waals surface area (Å²) in [6.45, 7) is 4.24. The Labute approximate surface area is 226 Å². The molecule has 1 spiro atoms. The van der Waals surface area contributed by atoms with Gasteiger partial charge in [0.05, 0.1) is 34.9 Å². The van der Waals surface area contributed by atoms with Gasteiger partial charge in [-0.25, -0.2) is 36.6 Å². The third-order valence-corrected chi connectivity index (χ3v) is 9.72. The summed E-state index contributed by atoms with van der Waals surface area (Å²) in [6, 6.07) is 5.07. The van der Waals surface area contributed by atoms with E-state index in [1.54, 1.807) is 48.4 Å². The van der Waals surface area contributed by atoms with Gasteiger partial charge in [0.25, 0.3) is 5.92 Å². The van der Waals surface area contributed by atoms with Crippen molar-refractivity contribution in [3.8, 4) is 17.1 Å². The first kappa shape index (κ1) is 26.1. The summed E-state index contributed by atoms with van der Waals surface area (Å²) in [4.78, 5) is 13.2. The zero-order valence-corrected chi connectivity index (χ0v) is 22.7. The largest absolute Gasteiger partial charge is 0.370 e. The molecule has 0 radical (unpaired) electrons. The number of benzene rings is 1. The van der Waals surface area contributed by atoms with E-state index in [0.717, 1.165) is 37.3 Å². The second-order valence-corrected chi connectivity index (χ2v) is 12.6. The molecule has 1 aromatic carbocycles. The average molecular weight is 559 g/mol. The van der Waals surface area contributed by atoms with E-state index in [0.29, 0.717) is 29.2 Å². The Morgan fingerprint density at radius 1 is 0.897 bits per heavy atom. The quantitative estimate of drug-likeness (QED) is 0.468. The summed E-state index contributed by atoms with van der Waals surface area (Å²) in [6.07, 6.45) is 9.24. The van der Waals surface area contributed by atoms with Gasteiger partial charge in [0, 0.05) is 45.6 Å². The molecule has 0 bridgehead atoms. The number of hydrogen-bond donors (Lipinski definition) is 1. The van der Waals surface area contributed by atoms with Crippen LogP contribution in [-0.4, -0.2) is 72.0 Å². The van der Waals surface area contributed by atoms with Crippen molar-refractivity contribution in [2.24, 2.45) is 5.41 Å². The third kappa shape index (κ3) is 5.33. The number of hydrogen-bond acceptors (Lipinski definition) is 8. The Kier molecular flexibility index (Phi) is 6.53. The first-order chi connectivity index (χ1) is 18.7. The molecule has 2 aliphatic heterocycles. The van der Waals surface area contributed by atoms with Crippen molar-refractivity contribution < 1.29 is 17.2 Å². The van der Waals surface area contributed by atoms with Gasteiger partial charge in [-0.1, -0.05) is 12.1 Å². The van der Waals surface area contributed by atoms with Crippen molar-refractivity contribution in [2.45, 2.75) is 56.3 Å². The molecule has 208 valence electrons. The lowest BCUT2D eigenvalue weighted by Gasteiger charge is -2.35. The van der Waals surface area contributed by atoms with Gasteiger partial charge < -0.3 is 9.80 Å². The van der Waals surface area contributed by atoms with Crippen molar-refractivity contribution in [1.82, 2.24) is 29.7 Å². The lowest BCUT2D eigenvalue weighted by Crippen LogP contribution is -2.39. The summed E-state index contributed by atoms with van der Waals surface area (Å²) in [5, 5.41) is 8.62. The van der Waals surface area contributed by atoms with E-state index < -0.39 is 15.9 Å². The van der Waals surface area contributed by atoms with E-state index in [2.05, 4.69) is 29.9 Å². The van der Waals surface area contributed by atoms with Crippen LogP contribution in [0.15, 0.2) is 41.7 Å². The molecule has 13 heteroatoms. The molecular formula is C26H32F2N8O2S. The molecule has 3 aliphatic rings. The monoisotopic (exact) mass is 558 g/mol. The highest BCUT2D eigenvalue weighted by molar-refractivity contribution is 7.89. The summed E-state index contributed by atoms with van der Waals surface area (Å²) in [5.74, 6) is -2.07. The van der Waals surface area contributed by atoms with Crippen LogP contribution >= 0.6 is 0 Å². The van der Waals surface area contributed by atoms with Crippen LogP contribution in [0.1, 0.15) is 45.4 Å². The van der Waals surface area contributed by atoms with Gasteiger partial charge in [-0.2, -0.15) is 0 Å². The van der Waals surface area contributed by atoms with Gasteiger partial charge in [0.1, 0.15) is 17.2 Å². The molecule has 3 aromatic rings. The molecule has 1 N–H and O–H groups in total. The first-order valence-electron chi connectivity index (χ1n) is 13.4. The Morgan fingerprint density at radius 2 is 1.62 bits per heavy atom. The Hall–Kier alpha value is -3.19. The summed E-state index contributed by atoms with van der Waals surface area (Å²) >= 11 is 0. The molecule has 0 atom stereocenters. The normalized spacial score (nSPS) is 20.4. The minimum Gasteiger partial charge on any atom is -0.370 e.